The van der Waals surface area contributed by atoms with E-state index >= 15 is 0 Å². The van der Waals surface area contributed by atoms with Crippen molar-refractivity contribution in [1.82, 2.24) is 24.6 Å². The Bertz CT molecular complexity index is 1880. The van der Waals surface area contributed by atoms with E-state index in [1.165, 1.54) is 23.5 Å². The van der Waals surface area contributed by atoms with E-state index in [-0.39, 0.29) is 37.0 Å². The highest BCUT2D eigenvalue weighted by Gasteiger charge is 2.41. The normalized spacial score (nSPS) is 18.0. The quantitative estimate of drug-likeness (QED) is 0.228. The van der Waals surface area contributed by atoms with E-state index in [1.807, 2.05) is 0 Å². The lowest BCUT2D eigenvalue weighted by Crippen LogP contribution is -2.60. The Hall–Kier alpha value is -4.23. The third-order valence-electron chi connectivity index (χ3n) is 7.82. The van der Waals surface area contributed by atoms with Crippen molar-refractivity contribution in [2.45, 2.75) is 55.4 Å². The smallest absolute Gasteiger partial charge is 0.406 e. The first-order chi connectivity index (χ1) is 22.6. The molecule has 0 bridgehead atoms. The van der Waals surface area contributed by atoms with Gasteiger partial charge in [0, 0.05) is 32.1 Å². The predicted octanol–water partition coefficient (Wildman–Crippen LogP) is 5.35. The van der Waals surface area contributed by atoms with Gasteiger partial charge in [-0.15, -0.1) is 26.3 Å². The molecule has 1 atom stereocenters. The van der Waals surface area contributed by atoms with Gasteiger partial charge in [-0.3, -0.25) is 4.79 Å². The van der Waals surface area contributed by atoms with Gasteiger partial charge in [-0.25, -0.2) is 18.4 Å². The van der Waals surface area contributed by atoms with Crippen molar-refractivity contribution in [3.63, 3.8) is 0 Å². The molecule has 11 nitrogen and oxygen atoms in total. The van der Waals surface area contributed by atoms with Gasteiger partial charge in [0.1, 0.15) is 23.4 Å². The lowest BCUT2D eigenvalue weighted by Gasteiger charge is -2.39. The van der Waals surface area contributed by atoms with E-state index in [0.717, 1.165) is 60.0 Å². The Morgan fingerprint density at radius 1 is 0.917 bits per heavy atom. The first-order valence-electron chi connectivity index (χ1n) is 14.5. The summed E-state index contributed by atoms with van der Waals surface area (Å²) in [6.07, 6.45) is -5.05. The molecule has 3 heterocycles. The molecule has 1 aliphatic heterocycles. The molecule has 0 spiro atoms. The minimum Gasteiger partial charge on any atom is -0.406 e. The number of hydrogen-bond acceptors (Lipinski definition) is 10. The van der Waals surface area contributed by atoms with Crippen LogP contribution in [0, 0.1) is 0 Å². The Kier molecular flexibility index (Phi) is 9.12. The van der Waals surface area contributed by atoms with Gasteiger partial charge in [0.25, 0.3) is 0 Å². The zero-order valence-corrected chi connectivity index (χ0v) is 26.3. The van der Waals surface area contributed by atoms with Gasteiger partial charge in [-0.2, -0.15) is 9.29 Å². The molecule has 48 heavy (non-hydrogen) atoms. The predicted molar refractivity (Wildman–Crippen MR) is 160 cm³/mol. The molecule has 256 valence electrons. The topological polar surface area (TPSA) is 127 Å². The highest BCUT2D eigenvalue weighted by molar-refractivity contribution is 7.89. The van der Waals surface area contributed by atoms with Crippen LogP contribution in [-0.4, -0.2) is 72.0 Å². The summed E-state index contributed by atoms with van der Waals surface area (Å²) in [7, 11) is -4.42. The summed E-state index contributed by atoms with van der Waals surface area (Å²) >= 11 is 1.28. The third-order valence-corrected chi connectivity index (χ3v) is 10.8. The Balaban J connectivity index is 1.23. The molecule has 2 fully saturated rings. The fourth-order valence-electron chi connectivity index (χ4n) is 5.24. The molecule has 0 radical (unpaired) electrons. The van der Waals surface area contributed by atoms with Gasteiger partial charge < -0.3 is 19.7 Å². The molecule has 2 aromatic heterocycles. The second-order valence-corrected chi connectivity index (χ2v) is 13.9. The Morgan fingerprint density at radius 3 is 2.12 bits per heavy atom. The van der Waals surface area contributed by atoms with E-state index in [2.05, 4.69) is 29.7 Å². The van der Waals surface area contributed by atoms with Crippen LogP contribution < -0.4 is 19.7 Å². The van der Waals surface area contributed by atoms with E-state index in [9.17, 15) is 39.6 Å². The number of alkyl halides is 6. The number of piperazine rings is 1. The fraction of sp³-hybridized carbons (Fsp3) is 0.379. The molecule has 19 heteroatoms. The Morgan fingerprint density at radius 2 is 1.54 bits per heavy atom. The van der Waals surface area contributed by atoms with E-state index < -0.39 is 46.2 Å². The number of aromatic nitrogens is 3. The number of hydrogen-bond donors (Lipinski definition) is 1. The van der Waals surface area contributed by atoms with Crippen LogP contribution in [0.1, 0.15) is 36.6 Å². The second-order valence-electron chi connectivity index (χ2n) is 11.0. The SMILES string of the molecule is O=C(NCc1ccc(OC(F)(F)F)cc1)[C@H]1CN(c2nc3nc(C4CCC4)ncc3s2)CCN1S(=O)(=O)c1ccc(OC(F)(F)F)cc1. The van der Waals surface area contributed by atoms with Crippen LogP contribution in [0.4, 0.5) is 31.5 Å². The minimum atomic E-state index is -4.98. The van der Waals surface area contributed by atoms with Crippen molar-refractivity contribution in [1.29, 1.82) is 0 Å². The molecular formula is C29H26F6N6O5S2. The van der Waals surface area contributed by atoms with Crippen molar-refractivity contribution < 1.29 is 49.0 Å². The molecule has 1 amide bonds. The monoisotopic (exact) mass is 716 g/mol. The molecule has 1 saturated carbocycles. The second kappa shape index (κ2) is 13.0. The zero-order valence-electron chi connectivity index (χ0n) is 24.7. The van der Waals surface area contributed by atoms with Gasteiger partial charge >= 0.3 is 12.7 Å². The lowest BCUT2D eigenvalue weighted by molar-refractivity contribution is -0.275. The van der Waals surface area contributed by atoms with Crippen LogP contribution in [0.5, 0.6) is 11.5 Å². The number of fused-ring (bicyclic) bond motifs is 1. The third kappa shape index (κ3) is 7.73. The van der Waals surface area contributed by atoms with Crippen molar-refractivity contribution in [2.75, 3.05) is 24.5 Å². The van der Waals surface area contributed by atoms with Gasteiger partial charge in [-0.1, -0.05) is 29.9 Å². The van der Waals surface area contributed by atoms with Crippen LogP contribution in [0.2, 0.25) is 0 Å². The Labute approximate surface area is 273 Å². The standard InChI is InChI=1S/C29H26F6N6O5S2/c30-28(31,32)45-19-6-4-17(5-7-19)14-37-26(42)22-16-40(27-39-25-23(47-27)15-36-24(38-25)18-2-1-3-18)12-13-41(22)48(43,44)21-10-8-20(9-11-21)46-29(33,34)35/h4-11,15,18,22H,1-3,12-14,16H2,(H,37,42)/t22-/m1/s1. The first-order valence-corrected chi connectivity index (χ1v) is 16.8. The van der Waals surface area contributed by atoms with Crippen LogP contribution in [-0.2, 0) is 21.4 Å². The number of carbonyl (C=O) groups is 1. The van der Waals surface area contributed by atoms with Crippen LogP contribution in [0.25, 0.3) is 10.3 Å². The largest absolute Gasteiger partial charge is 0.573 e. The molecule has 1 saturated heterocycles. The van der Waals surface area contributed by atoms with E-state index in [1.54, 1.807) is 11.1 Å². The average molecular weight is 717 g/mol. The summed E-state index contributed by atoms with van der Waals surface area (Å²) in [5.74, 6) is -0.798. The fourth-order valence-corrected chi connectivity index (χ4v) is 7.73. The molecule has 0 unspecified atom stereocenters. The number of amides is 1. The number of nitrogens with one attached hydrogen (secondary N) is 1. The maximum atomic E-state index is 13.8. The number of carbonyl (C=O) groups excluding carboxylic acids is 1. The van der Waals surface area contributed by atoms with Crippen LogP contribution >= 0.6 is 11.3 Å². The summed E-state index contributed by atoms with van der Waals surface area (Å²) in [4.78, 5) is 28.7. The summed E-state index contributed by atoms with van der Waals surface area (Å²) < 4.78 is 112. The highest BCUT2D eigenvalue weighted by atomic mass is 32.2. The minimum absolute atomic E-state index is 0.127. The van der Waals surface area contributed by atoms with Gasteiger partial charge in [0.2, 0.25) is 15.9 Å². The average Bonchev–Trinajstić information content (AvgIpc) is 3.42. The molecular weight excluding hydrogens is 690 g/mol. The van der Waals surface area contributed by atoms with Crippen molar-refractivity contribution >= 4 is 42.7 Å². The molecule has 1 N–H and O–H groups in total. The summed E-state index contributed by atoms with van der Waals surface area (Å²) in [6.45, 7) is -0.345. The highest BCUT2D eigenvalue weighted by Crippen LogP contribution is 2.36. The van der Waals surface area contributed by atoms with Crippen LogP contribution in [0.15, 0.2) is 59.6 Å². The van der Waals surface area contributed by atoms with Crippen molar-refractivity contribution in [3.05, 3.63) is 66.1 Å². The van der Waals surface area contributed by atoms with Crippen molar-refractivity contribution in [3.8, 4) is 11.5 Å². The number of halogens is 6. The van der Waals surface area contributed by atoms with Gasteiger partial charge in [-0.05, 0) is 54.8 Å². The zero-order chi connectivity index (χ0) is 34.3. The number of rotatable bonds is 9. The summed E-state index contributed by atoms with van der Waals surface area (Å²) in [5.41, 5.74) is 0.897. The van der Waals surface area contributed by atoms with E-state index in [4.69, 9.17) is 0 Å². The maximum Gasteiger partial charge on any atom is 0.573 e. The molecule has 6 rings (SSSR count). The molecule has 1 aliphatic carbocycles. The summed E-state index contributed by atoms with van der Waals surface area (Å²) in [6, 6.07) is 7.07. The number of thiazole rings is 1. The molecule has 2 aliphatic rings. The lowest BCUT2D eigenvalue weighted by atomic mass is 9.85. The number of sulfonamides is 1. The van der Waals surface area contributed by atoms with Gasteiger partial charge in [0.15, 0.2) is 10.8 Å². The van der Waals surface area contributed by atoms with Gasteiger partial charge in [0.05, 0.1) is 15.8 Å². The van der Waals surface area contributed by atoms with Crippen LogP contribution in [0.3, 0.4) is 0 Å². The van der Waals surface area contributed by atoms with Crippen molar-refractivity contribution in [2.24, 2.45) is 0 Å². The molecule has 4 aromatic rings. The molecule has 2 aromatic carbocycles. The van der Waals surface area contributed by atoms with E-state index in [0.29, 0.717) is 26.9 Å². The summed E-state index contributed by atoms with van der Waals surface area (Å²) in [5, 5.41) is 3.13. The number of ether oxygens (including phenoxy) is 2. The number of anilines is 1. The first kappa shape index (κ1) is 33.7. The number of nitrogens with zero attached hydrogens (tertiary/aromatic N) is 5. The maximum absolute atomic E-state index is 13.8. The number of benzene rings is 2.